The van der Waals surface area contributed by atoms with Crippen molar-refractivity contribution in [2.24, 2.45) is 0 Å². The molecule has 1 aliphatic heterocycles. The van der Waals surface area contributed by atoms with Crippen LogP contribution in [0.4, 0.5) is 20.3 Å². The molecule has 116 valence electrons. The van der Waals surface area contributed by atoms with Crippen molar-refractivity contribution in [1.82, 2.24) is 4.98 Å². The molecule has 4 nitrogen and oxygen atoms in total. The lowest BCUT2D eigenvalue weighted by atomic mass is 10.2. The number of halogens is 3. The van der Waals surface area contributed by atoms with E-state index in [1.165, 1.54) is 12.1 Å². The van der Waals surface area contributed by atoms with Gasteiger partial charge in [0.1, 0.15) is 5.82 Å². The Labute approximate surface area is 134 Å². The number of hydrogen-bond donors (Lipinski definition) is 1. The molecule has 1 N–H and O–H groups in total. The normalized spacial score (nSPS) is 14.9. The molecule has 2 aromatic carbocycles. The Kier molecular flexibility index (Phi) is 3.02. The van der Waals surface area contributed by atoms with Gasteiger partial charge in [-0.1, -0.05) is 23.7 Å². The molecule has 0 spiro atoms. The second kappa shape index (κ2) is 4.96. The van der Waals surface area contributed by atoms with Gasteiger partial charge in [-0.2, -0.15) is 0 Å². The summed E-state index contributed by atoms with van der Waals surface area (Å²) in [5, 5.41) is 4.48. The second-order valence-corrected chi connectivity index (χ2v) is 5.37. The summed E-state index contributed by atoms with van der Waals surface area (Å²) in [6, 6.07) is 13.6. The molecule has 0 unspecified atom stereocenters. The maximum absolute atomic E-state index is 13.0. The molecule has 0 fully saturated rings. The third-order valence-electron chi connectivity index (χ3n) is 3.34. The number of anilines is 2. The first-order valence-corrected chi connectivity index (χ1v) is 7.10. The van der Waals surface area contributed by atoms with Crippen molar-refractivity contribution in [2.75, 3.05) is 5.32 Å². The van der Waals surface area contributed by atoms with Crippen LogP contribution in [0.5, 0.6) is 11.5 Å². The van der Waals surface area contributed by atoms with E-state index in [-0.39, 0.29) is 11.5 Å². The quantitative estimate of drug-likeness (QED) is 0.720. The maximum Gasteiger partial charge on any atom is 0.586 e. The Morgan fingerprint density at radius 2 is 1.83 bits per heavy atom. The van der Waals surface area contributed by atoms with Crippen LogP contribution in [-0.4, -0.2) is 11.3 Å². The molecule has 0 saturated heterocycles. The van der Waals surface area contributed by atoms with Crippen molar-refractivity contribution in [1.29, 1.82) is 0 Å². The third kappa shape index (κ3) is 2.61. The zero-order valence-corrected chi connectivity index (χ0v) is 12.3. The average Bonchev–Trinajstić information content (AvgIpc) is 2.81. The van der Waals surface area contributed by atoms with Crippen LogP contribution in [0.2, 0.25) is 5.02 Å². The molecule has 1 aromatic heterocycles. The second-order valence-electron chi connectivity index (χ2n) is 4.96. The van der Waals surface area contributed by atoms with Crippen molar-refractivity contribution in [3.8, 4) is 11.5 Å². The predicted molar refractivity (Wildman–Crippen MR) is 82.7 cm³/mol. The molecule has 0 saturated carbocycles. The number of hydrogen-bond acceptors (Lipinski definition) is 4. The summed E-state index contributed by atoms with van der Waals surface area (Å²) in [6.45, 7) is 0. The Hall–Kier alpha value is -2.60. The van der Waals surface area contributed by atoms with Gasteiger partial charge in [-0.15, -0.1) is 8.78 Å². The van der Waals surface area contributed by atoms with Crippen LogP contribution >= 0.6 is 11.6 Å². The van der Waals surface area contributed by atoms with Crippen molar-refractivity contribution >= 4 is 34.0 Å². The molecule has 0 aliphatic carbocycles. The molecule has 0 radical (unpaired) electrons. The van der Waals surface area contributed by atoms with Gasteiger partial charge in [-0.05, 0) is 30.3 Å². The summed E-state index contributed by atoms with van der Waals surface area (Å²) in [5.41, 5.74) is 1.20. The lowest BCUT2D eigenvalue weighted by molar-refractivity contribution is -0.286. The van der Waals surface area contributed by atoms with E-state index in [0.29, 0.717) is 22.0 Å². The number of aromatic nitrogens is 1. The van der Waals surface area contributed by atoms with E-state index in [0.717, 1.165) is 5.39 Å². The van der Waals surface area contributed by atoms with Gasteiger partial charge in [0.2, 0.25) is 0 Å². The SMILES string of the molecule is FC1(F)Oc2ccc(Nc3ccc4cccc(Cl)c4n3)cc2O1. The van der Waals surface area contributed by atoms with Gasteiger partial charge in [0.25, 0.3) is 0 Å². The third-order valence-corrected chi connectivity index (χ3v) is 3.65. The first-order chi connectivity index (χ1) is 11.0. The van der Waals surface area contributed by atoms with E-state index < -0.39 is 6.29 Å². The maximum atomic E-state index is 13.0. The van der Waals surface area contributed by atoms with E-state index in [2.05, 4.69) is 19.8 Å². The molecule has 3 aromatic rings. The number of nitrogens with one attached hydrogen (secondary N) is 1. The zero-order valence-electron chi connectivity index (χ0n) is 11.5. The highest BCUT2D eigenvalue weighted by atomic mass is 35.5. The van der Waals surface area contributed by atoms with Gasteiger partial charge >= 0.3 is 6.29 Å². The van der Waals surface area contributed by atoms with Crippen molar-refractivity contribution in [3.05, 3.63) is 53.6 Å². The highest BCUT2D eigenvalue weighted by Gasteiger charge is 2.43. The fourth-order valence-corrected chi connectivity index (χ4v) is 2.58. The van der Waals surface area contributed by atoms with Gasteiger partial charge < -0.3 is 14.8 Å². The van der Waals surface area contributed by atoms with Crippen LogP contribution in [0.15, 0.2) is 48.5 Å². The highest BCUT2D eigenvalue weighted by molar-refractivity contribution is 6.35. The smallest absolute Gasteiger partial charge is 0.395 e. The summed E-state index contributed by atoms with van der Waals surface area (Å²) >= 11 is 6.13. The number of fused-ring (bicyclic) bond motifs is 2. The zero-order chi connectivity index (χ0) is 16.0. The molecule has 23 heavy (non-hydrogen) atoms. The van der Waals surface area contributed by atoms with E-state index in [1.807, 2.05) is 18.2 Å². The molecule has 0 amide bonds. The predicted octanol–water partition coefficient (Wildman–Crippen LogP) is 4.95. The number of rotatable bonds is 2. The lowest BCUT2D eigenvalue weighted by Crippen LogP contribution is -2.25. The lowest BCUT2D eigenvalue weighted by Gasteiger charge is -2.08. The minimum atomic E-state index is -3.63. The molecule has 0 bridgehead atoms. The summed E-state index contributed by atoms with van der Waals surface area (Å²) in [5.74, 6) is 0.505. The number of benzene rings is 2. The van der Waals surface area contributed by atoms with Gasteiger partial charge in [0.05, 0.1) is 10.5 Å². The van der Waals surface area contributed by atoms with Crippen LogP contribution in [0.3, 0.4) is 0 Å². The van der Waals surface area contributed by atoms with Crippen molar-refractivity contribution < 1.29 is 18.3 Å². The molecular formula is C16H9ClF2N2O2. The van der Waals surface area contributed by atoms with Crippen molar-refractivity contribution in [2.45, 2.75) is 6.29 Å². The van der Waals surface area contributed by atoms with E-state index in [1.54, 1.807) is 18.2 Å². The van der Waals surface area contributed by atoms with Gasteiger partial charge in [0.15, 0.2) is 11.5 Å². The molecule has 4 rings (SSSR count). The fourth-order valence-electron chi connectivity index (χ4n) is 2.36. The summed E-state index contributed by atoms with van der Waals surface area (Å²) < 4.78 is 34.8. The van der Waals surface area contributed by atoms with Crippen LogP contribution < -0.4 is 14.8 Å². The van der Waals surface area contributed by atoms with E-state index in [9.17, 15) is 8.78 Å². The van der Waals surface area contributed by atoms with Gasteiger partial charge in [0, 0.05) is 17.1 Å². The monoisotopic (exact) mass is 334 g/mol. The fraction of sp³-hybridized carbons (Fsp3) is 0.0625. The molecular weight excluding hydrogens is 326 g/mol. The summed E-state index contributed by atoms with van der Waals surface area (Å²) in [6.07, 6.45) is -3.63. The Bertz CT molecular complexity index is 918. The van der Waals surface area contributed by atoms with Crippen LogP contribution in [0.1, 0.15) is 0 Å². The number of alkyl halides is 2. The van der Waals surface area contributed by atoms with Crippen LogP contribution in [0.25, 0.3) is 10.9 Å². The number of para-hydroxylation sites is 1. The highest BCUT2D eigenvalue weighted by Crippen LogP contribution is 2.42. The number of pyridine rings is 1. The first-order valence-electron chi connectivity index (χ1n) is 6.72. The van der Waals surface area contributed by atoms with E-state index >= 15 is 0 Å². The van der Waals surface area contributed by atoms with Gasteiger partial charge in [-0.3, -0.25) is 0 Å². The Morgan fingerprint density at radius 3 is 2.70 bits per heavy atom. The topological polar surface area (TPSA) is 43.4 Å². The summed E-state index contributed by atoms with van der Waals surface area (Å²) in [7, 11) is 0. The van der Waals surface area contributed by atoms with E-state index in [4.69, 9.17) is 11.6 Å². The molecule has 2 heterocycles. The van der Waals surface area contributed by atoms with Crippen LogP contribution in [-0.2, 0) is 0 Å². The summed E-state index contributed by atoms with van der Waals surface area (Å²) in [4.78, 5) is 4.43. The Balaban J connectivity index is 1.65. The first kappa shape index (κ1) is 14.0. The largest absolute Gasteiger partial charge is 0.586 e. The molecule has 7 heteroatoms. The number of ether oxygens (including phenoxy) is 2. The van der Waals surface area contributed by atoms with Gasteiger partial charge in [-0.25, -0.2) is 4.98 Å². The Morgan fingerprint density at radius 1 is 1.00 bits per heavy atom. The minimum absolute atomic E-state index is 0.00457. The number of nitrogens with zero attached hydrogens (tertiary/aromatic N) is 1. The van der Waals surface area contributed by atoms with Crippen molar-refractivity contribution in [3.63, 3.8) is 0 Å². The van der Waals surface area contributed by atoms with Crippen LogP contribution in [0, 0.1) is 0 Å². The molecule has 1 aliphatic rings. The molecule has 0 atom stereocenters. The standard InChI is InChI=1S/C16H9ClF2N2O2/c17-11-3-1-2-9-4-7-14(21-15(9)11)20-10-5-6-12-13(8-10)23-16(18,19)22-12/h1-8H,(H,20,21). The minimum Gasteiger partial charge on any atom is -0.395 e. The average molecular weight is 335 g/mol.